The second-order valence-electron chi connectivity index (χ2n) is 7.75. The molecule has 0 aliphatic carbocycles. The fourth-order valence-electron chi connectivity index (χ4n) is 3.74. The minimum Gasteiger partial charge on any atom is -0.496 e. The maximum Gasteiger partial charge on any atom is 0.260 e. The van der Waals surface area contributed by atoms with Gasteiger partial charge in [-0.2, -0.15) is 9.29 Å². The molecule has 3 aromatic rings. The summed E-state index contributed by atoms with van der Waals surface area (Å²) >= 11 is 5.33. The summed E-state index contributed by atoms with van der Waals surface area (Å²) in [5.41, 5.74) is 5.98. The zero-order valence-corrected chi connectivity index (χ0v) is 20.2. The third-order valence-electron chi connectivity index (χ3n) is 5.60. The number of halogens is 2. The van der Waals surface area contributed by atoms with Crippen LogP contribution in [0.1, 0.15) is 24.0 Å². The highest BCUT2D eigenvalue weighted by molar-refractivity contribution is 7.89. The summed E-state index contributed by atoms with van der Waals surface area (Å²) in [6, 6.07) is 6.87. The van der Waals surface area contributed by atoms with Crippen molar-refractivity contribution in [1.29, 1.82) is 0 Å². The summed E-state index contributed by atoms with van der Waals surface area (Å²) in [6.45, 7) is 0.597. The maximum absolute atomic E-state index is 14.4. The highest BCUT2D eigenvalue weighted by atomic mass is 32.2. The van der Waals surface area contributed by atoms with Crippen LogP contribution in [-0.2, 0) is 10.0 Å². The zero-order chi connectivity index (χ0) is 25.2. The van der Waals surface area contributed by atoms with Crippen molar-refractivity contribution in [3.63, 3.8) is 0 Å². The van der Waals surface area contributed by atoms with Crippen molar-refractivity contribution in [3.8, 4) is 5.75 Å². The van der Waals surface area contributed by atoms with Gasteiger partial charge in [0.1, 0.15) is 11.6 Å². The Morgan fingerprint density at radius 3 is 2.57 bits per heavy atom. The molecule has 0 spiro atoms. The molecule has 2 aromatic heterocycles. The first-order chi connectivity index (χ1) is 16.7. The van der Waals surface area contributed by atoms with E-state index in [9.17, 15) is 17.2 Å². The lowest BCUT2D eigenvalue weighted by Gasteiger charge is -2.31. The average molecular weight is 521 g/mol. The number of ether oxygens (including phenoxy) is 1. The summed E-state index contributed by atoms with van der Waals surface area (Å²) in [5.74, 6) is -1.97. The predicted molar refractivity (Wildman–Crippen MR) is 130 cm³/mol. The van der Waals surface area contributed by atoms with Crippen molar-refractivity contribution in [1.82, 2.24) is 19.3 Å². The number of thiocarbonyl (C=S) groups is 1. The van der Waals surface area contributed by atoms with Gasteiger partial charge in [0, 0.05) is 31.5 Å². The molecule has 0 bridgehead atoms. The molecule has 0 saturated carbocycles. The number of nitrogen functional groups attached to an aromatic ring is 1. The van der Waals surface area contributed by atoms with Crippen LogP contribution in [0.4, 0.5) is 20.5 Å². The topological polar surface area (TPSA) is 123 Å². The highest BCUT2D eigenvalue weighted by Crippen LogP contribution is 2.29. The van der Waals surface area contributed by atoms with Crippen LogP contribution in [0.15, 0.2) is 47.8 Å². The van der Waals surface area contributed by atoms with E-state index < -0.39 is 21.7 Å². The Kier molecular flexibility index (Phi) is 7.19. The van der Waals surface area contributed by atoms with Gasteiger partial charge in [0.05, 0.1) is 23.1 Å². The molecular weight excluding hydrogens is 498 g/mol. The lowest BCUT2D eigenvalue weighted by atomic mass is 10.0. The van der Waals surface area contributed by atoms with Gasteiger partial charge < -0.3 is 15.8 Å². The molecule has 0 radical (unpaired) electrons. The Bertz CT molecular complexity index is 1350. The van der Waals surface area contributed by atoms with Gasteiger partial charge in [-0.05, 0) is 37.1 Å². The van der Waals surface area contributed by atoms with Gasteiger partial charge in [-0.1, -0.05) is 18.3 Å². The van der Waals surface area contributed by atoms with Crippen LogP contribution in [0.3, 0.4) is 0 Å². The number of hydrogen-bond acceptors (Lipinski definition) is 9. The van der Waals surface area contributed by atoms with Crippen molar-refractivity contribution < 1.29 is 21.9 Å². The van der Waals surface area contributed by atoms with E-state index in [4.69, 9.17) is 22.7 Å². The second-order valence-corrected chi connectivity index (χ2v) is 10.0. The number of rotatable bonds is 7. The van der Waals surface area contributed by atoms with Crippen LogP contribution in [0.5, 0.6) is 5.75 Å². The summed E-state index contributed by atoms with van der Waals surface area (Å²) < 4.78 is 60.2. The number of benzene rings is 1. The largest absolute Gasteiger partial charge is 0.496 e. The van der Waals surface area contributed by atoms with Crippen molar-refractivity contribution >= 4 is 38.9 Å². The average Bonchev–Trinajstić information content (AvgIpc) is 2.86. The molecule has 1 saturated heterocycles. The Balaban J connectivity index is 1.44. The van der Waals surface area contributed by atoms with E-state index in [0.29, 0.717) is 25.9 Å². The molecule has 1 aliphatic heterocycles. The lowest BCUT2D eigenvalue weighted by molar-refractivity contribution is 0.328. The van der Waals surface area contributed by atoms with Crippen molar-refractivity contribution in [2.45, 2.75) is 23.9 Å². The minimum absolute atomic E-state index is 0.0143. The number of hydrogen-bond donors (Lipinski definition) is 2. The van der Waals surface area contributed by atoms with Gasteiger partial charge in [-0.3, -0.25) is 0 Å². The number of methoxy groups -OCH3 is 1. The van der Waals surface area contributed by atoms with E-state index in [1.807, 2.05) is 0 Å². The van der Waals surface area contributed by atoms with E-state index in [1.165, 1.54) is 35.9 Å². The van der Waals surface area contributed by atoms with E-state index >= 15 is 0 Å². The Hall–Kier alpha value is -3.29. The van der Waals surface area contributed by atoms with E-state index in [1.54, 1.807) is 12.1 Å². The first-order valence-electron chi connectivity index (χ1n) is 10.6. The van der Waals surface area contributed by atoms with Crippen LogP contribution in [0, 0.1) is 11.6 Å². The van der Waals surface area contributed by atoms with Crippen LogP contribution in [0.2, 0.25) is 0 Å². The smallest absolute Gasteiger partial charge is 0.260 e. The molecule has 1 fully saturated rings. The van der Waals surface area contributed by atoms with Crippen molar-refractivity contribution in [3.05, 3.63) is 65.5 Å². The monoisotopic (exact) mass is 520 g/mol. The van der Waals surface area contributed by atoms with Gasteiger partial charge >= 0.3 is 0 Å². The second kappa shape index (κ2) is 10.1. The van der Waals surface area contributed by atoms with E-state index in [0.717, 1.165) is 6.07 Å². The Labute approximate surface area is 206 Å². The van der Waals surface area contributed by atoms with E-state index in [-0.39, 0.29) is 44.6 Å². The minimum atomic E-state index is -3.66. The third kappa shape index (κ3) is 5.06. The van der Waals surface area contributed by atoms with E-state index in [2.05, 4.69) is 20.3 Å². The quantitative estimate of drug-likeness (QED) is 0.358. The first kappa shape index (κ1) is 24.8. The molecule has 3 heterocycles. The Morgan fingerprint density at radius 2 is 1.94 bits per heavy atom. The van der Waals surface area contributed by atoms with Crippen LogP contribution in [-0.4, -0.2) is 58.8 Å². The number of nitrogens with two attached hydrogens (primary N) is 1. The molecule has 4 rings (SSSR count). The number of nitrogens with zero attached hydrogens (tertiary/aromatic N) is 4. The first-order valence-corrected chi connectivity index (χ1v) is 12.4. The van der Waals surface area contributed by atoms with Crippen LogP contribution < -0.4 is 15.8 Å². The van der Waals surface area contributed by atoms with Gasteiger partial charge in [0.15, 0.2) is 16.7 Å². The molecule has 35 heavy (non-hydrogen) atoms. The number of sulfonamides is 1. The lowest BCUT2D eigenvalue weighted by Crippen LogP contribution is -2.42. The molecular formula is C22H22F2N6O3S2. The summed E-state index contributed by atoms with van der Waals surface area (Å²) in [4.78, 5) is 12.3. The predicted octanol–water partition coefficient (Wildman–Crippen LogP) is 2.77. The molecule has 1 aliphatic rings. The molecule has 1 aromatic carbocycles. The third-order valence-corrected chi connectivity index (χ3v) is 7.83. The zero-order valence-electron chi connectivity index (χ0n) is 18.6. The maximum atomic E-state index is 14.4. The van der Waals surface area contributed by atoms with Gasteiger partial charge in [-0.15, -0.1) is 0 Å². The molecule has 184 valence electrons. The summed E-state index contributed by atoms with van der Waals surface area (Å²) in [6.07, 6.45) is 3.80. The summed E-state index contributed by atoms with van der Waals surface area (Å²) in [7, 11) is -2.34. The van der Waals surface area contributed by atoms with Crippen molar-refractivity contribution in [2.24, 2.45) is 0 Å². The standard InChI is InChI=1S/C22H22F2N6O3S2/c1-33-16-6-5-15(23)19(24)18(16)20(34)14-12-27-22(29-21(14)25)28-13-7-10-30(11-8-13)35(31,32)17-4-2-3-9-26-17/h2-6,9,12-13H,7-8,10-11H2,1H3,(H3,25,27,28,29). The number of anilines is 2. The van der Waals surface area contributed by atoms with Crippen LogP contribution >= 0.6 is 12.2 Å². The van der Waals surface area contributed by atoms with Gasteiger partial charge in [0.2, 0.25) is 5.95 Å². The number of nitrogens with one attached hydrogen (secondary N) is 1. The van der Waals surface area contributed by atoms with Gasteiger partial charge in [0.25, 0.3) is 10.0 Å². The SMILES string of the molecule is COc1ccc(F)c(F)c1C(=S)c1cnc(NC2CCN(S(=O)(=O)c3ccccn3)CC2)nc1N. The molecule has 0 amide bonds. The molecule has 0 atom stereocenters. The molecule has 0 unspecified atom stereocenters. The molecule has 13 heteroatoms. The summed E-state index contributed by atoms with van der Waals surface area (Å²) in [5, 5.41) is 3.16. The number of pyridine rings is 1. The number of aromatic nitrogens is 3. The number of piperidine rings is 1. The fraction of sp³-hybridized carbons (Fsp3) is 0.273. The highest BCUT2D eigenvalue weighted by Gasteiger charge is 2.30. The van der Waals surface area contributed by atoms with Crippen molar-refractivity contribution in [2.75, 3.05) is 31.2 Å². The molecule has 9 nitrogen and oxygen atoms in total. The molecule has 3 N–H and O–H groups in total. The van der Waals surface area contributed by atoms with Gasteiger partial charge in [-0.25, -0.2) is 27.2 Å². The normalized spacial score (nSPS) is 15.1. The Morgan fingerprint density at radius 1 is 1.20 bits per heavy atom. The van der Waals surface area contributed by atoms with Crippen LogP contribution in [0.25, 0.3) is 0 Å². The fourth-order valence-corrected chi connectivity index (χ4v) is 5.49.